The fourth-order valence-corrected chi connectivity index (χ4v) is 1.97. The molecule has 1 amide bonds. The molecule has 0 heterocycles. The lowest BCUT2D eigenvalue weighted by Gasteiger charge is -2.10. The summed E-state index contributed by atoms with van der Waals surface area (Å²) in [5.41, 5.74) is -1.36. The van der Waals surface area contributed by atoms with E-state index in [1.165, 1.54) is 0 Å². The SMILES string of the molecule is O=C(Cc1c(F)c(F)c(F)c(F)c1F)Nc1ccc(F)cc1Cl. The molecule has 2 aromatic rings. The first kappa shape index (κ1) is 17.1. The van der Waals surface area contributed by atoms with Gasteiger partial charge in [-0.15, -0.1) is 0 Å². The molecule has 0 unspecified atom stereocenters. The van der Waals surface area contributed by atoms with Gasteiger partial charge in [0.15, 0.2) is 23.3 Å². The average molecular weight is 354 g/mol. The molecular weight excluding hydrogens is 348 g/mol. The Morgan fingerprint density at radius 2 is 1.43 bits per heavy atom. The highest BCUT2D eigenvalue weighted by atomic mass is 35.5. The van der Waals surface area contributed by atoms with E-state index in [-0.39, 0.29) is 10.7 Å². The molecule has 0 aromatic heterocycles. The molecule has 1 N–H and O–H groups in total. The van der Waals surface area contributed by atoms with Crippen molar-refractivity contribution >= 4 is 23.2 Å². The Hall–Kier alpha value is -2.22. The minimum absolute atomic E-state index is 0.0815. The molecule has 0 saturated heterocycles. The van der Waals surface area contributed by atoms with Gasteiger partial charge in [-0.2, -0.15) is 0 Å². The summed E-state index contributed by atoms with van der Waals surface area (Å²) in [4.78, 5) is 11.7. The van der Waals surface area contributed by atoms with Crippen LogP contribution < -0.4 is 5.32 Å². The summed E-state index contributed by atoms with van der Waals surface area (Å²) in [5, 5.41) is 1.89. The molecule has 0 aliphatic heterocycles. The van der Waals surface area contributed by atoms with E-state index in [1.807, 2.05) is 0 Å². The van der Waals surface area contributed by atoms with E-state index in [0.29, 0.717) is 0 Å². The van der Waals surface area contributed by atoms with Gasteiger partial charge in [-0.3, -0.25) is 4.79 Å². The standard InChI is InChI=1S/C14H6ClF6NO/c15-7-3-5(16)1-2-8(7)22-9(23)4-6-10(17)12(19)14(21)13(20)11(6)18/h1-3H,4H2,(H,22,23). The van der Waals surface area contributed by atoms with Crippen molar-refractivity contribution in [2.75, 3.05) is 5.32 Å². The van der Waals surface area contributed by atoms with Crippen molar-refractivity contribution in [2.45, 2.75) is 6.42 Å². The predicted octanol–water partition coefficient (Wildman–Crippen LogP) is 4.36. The van der Waals surface area contributed by atoms with Gasteiger partial charge in [-0.25, -0.2) is 26.3 Å². The van der Waals surface area contributed by atoms with Crippen molar-refractivity contribution in [2.24, 2.45) is 0 Å². The van der Waals surface area contributed by atoms with Crippen LogP contribution in [0.15, 0.2) is 18.2 Å². The number of halogens is 7. The van der Waals surface area contributed by atoms with Crippen molar-refractivity contribution in [3.8, 4) is 0 Å². The maximum atomic E-state index is 13.5. The van der Waals surface area contributed by atoms with E-state index in [0.717, 1.165) is 18.2 Å². The van der Waals surface area contributed by atoms with Gasteiger partial charge in [0.2, 0.25) is 11.7 Å². The summed E-state index contributed by atoms with van der Waals surface area (Å²) >= 11 is 5.64. The van der Waals surface area contributed by atoms with Gasteiger partial charge in [0.05, 0.1) is 17.1 Å². The van der Waals surface area contributed by atoms with Crippen LogP contribution in [0.25, 0.3) is 0 Å². The molecule has 0 fully saturated rings. The number of nitrogens with one attached hydrogen (secondary N) is 1. The number of amides is 1. The van der Waals surface area contributed by atoms with Crippen LogP contribution in [0.2, 0.25) is 5.02 Å². The Morgan fingerprint density at radius 3 is 1.96 bits per heavy atom. The second-order valence-electron chi connectivity index (χ2n) is 4.40. The first-order valence-corrected chi connectivity index (χ1v) is 6.35. The lowest BCUT2D eigenvalue weighted by atomic mass is 10.1. The first-order chi connectivity index (χ1) is 10.7. The van der Waals surface area contributed by atoms with Crippen LogP contribution in [0.4, 0.5) is 32.0 Å². The van der Waals surface area contributed by atoms with E-state index >= 15 is 0 Å². The van der Waals surface area contributed by atoms with Gasteiger partial charge in [-0.1, -0.05) is 11.6 Å². The third kappa shape index (κ3) is 3.42. The highest BCUT2D eigenvalue weighted by molar-refractivity contribution is 6.33. The third-order valence-electron chi connectivity index (χ3n) is 2.84. The summed E-state index contributed by atoms with van der Waals surface area (Å²) in [5.74, 6) is -12.6. The van der Waals surface area contributed by atoms with Crippen LogP contribution >= 0.6 is 11.6 Å². The van der Waals surface area contributed by atoms with E-state index in [9.17, 15) is 31.1 Å². The van der Waals surface area contributed by atoms with Crippen molar-refractivity contribution in [3.05, 3.63) is 63.7 Å². The number of rotatable bonds is 3. The number of hydrogen-bond acceptors (Lipinski definition) is 1. The molecule has 0 spiro atoms. The normalized spacial score (nSPS) is 10.7. The Morgan fingerprint density at radius 1 is 0.913 bits per heavy atom. The monoisotopic (exact) mass is 353 g/mol. The molecule has 9 heteroatoms. The molecule has 0 saturated carbocycles. The highest BCUT2D eigenvalue weighted by Gasteiger charge is 2.27. The molecule has 0 aliphatic rings. The molecule has 2 rings (SSSR count). The van der Waals surface area contributed by atoms with Gasteiger partial charge < -0.3 is 5.32 Å². The molecule has 2 aromatic carbocycles. The van der Waals surface area contributed by atoms with Gasteiger partial charge in [0.1, 0.15) is 5.82 Å². The van der Waals surface area contributed by atoms with Crippen molar-refractivity contribution < 1.29 is 31.1 Å². The molecule has 122 valence electrons. The number of benzene rings is 2. The molecule has 23 heavy (non-hydrogen) atoms. The minimum atomic E-state index is -2.31. The van der Waals surface area contributed by atoms with E-state index in [4.69, 9.17) is 11.6 Å². The molecule has 2 nitrogen and oxygen atoms in total. The Balaban J connectivity index is 2.27. The topological polar surface area (TPSA) is 29.1 Å². The van der Waals surface area contributed by atoms with Crippen LogP contribution in [-0.2, 0) is 11.2 Å². The molecule has 0 bridgehead atoms. The fraction of sp³-hybridized carbons (Fsp3) is 0.0714. The van der Waals surface area contributed by atoms with E-state index < -0.39 is 52.8 Å². The van der Waals surface area contributed by atoms with Crippen LogP contribution in [0.1, 0.15) is 5.56 Å². The fourth-order valence-electron chi connectivity index (χ4n) is 1.75. The lowest BCUT2D eigenvalue weighted by Crippen LogP contribution is -2.18. The van der Waals surface area contributed by atoms with Crippen LogP contribution in [-0.4, -0.2) is 5.91 Å². The summed E-state index contributed by atoms with van der Waals surface area (Å²) in [6.45, 7) is 0. The van der Waals surface area contributed by atoms with Gasteiger partial charge in [0, 0.05) is 5.56 Å². The predicted molar refractivity (Wildman–Crippen MR) is 70.0 cm³/mol. The quantitative estimate of drug-likeness (QED) is 0.496. The van der Waals surface area contributed by atoms with Crippen LogP contribution in [0, 0.1) is 34.9 Å². The number of carbonyl (C=O) groups is 1. The zero-order chi connectivity index (χ0) is 17.3. The number of anilines is 1. The van der Waals surface area contributed by atoms with Crippen LogP contribution in [0.3, 0.4) is 0 Å². The molecule has 0 aliphatic carbocycles. The van der Waals surface area contributed by atoms with Gasteiger partial charge in [-0.05, 0) is 18.2 Å². The first-order valence-electron chi connectivity index (χ1n) is 5.97. The third-order valence-corrected chi connectivity index (χ3v) is 3.16. The molecule has 0 radical (unpaired) electrons. The maximum absolute atomic E-state index is 13.5. The summed E-state index contributed by atoms with van der Waals surface area (Å²) < 4.78 is 78.7. The van der Waals surface area contributed by atoms with E-state index in [2.05, 4.69) is 5.32 Å². The van der Waals surface area contributed by atoms with Crippen LogP contribution in [0.5, 0.6) is 0 Å². The zero-order valence-electron chi connectivity index (χ0n) is 11.0. The van der Waals surface area contributed by atoms with Gasteiger partial charge >= 0.3 is 0 Å². The largest absolute Gasteiger partial charge is 0.324 e. The van der Waals surface area contributed by atoms with Gasteiger partial charge in [0.25, 0.3) is 0 Å². The number of hydrogen-bond donors (Lipinski definition) is 1. The Labute approximate surface area is 130 Å². The Kier molecular flexibility index (Phi) is 4.84. The average Bonchev–Trinajstić information content (AvgIpc) is 2.50. The molecule has 0 atom stereocenters. The lowest BCUT2D eigenvalue weighted by molar-refractivity contribution is -0.115. The minimum Gasteiger partial charge on any atom is -0.324 e. The summed E-state index contributed by atoms with van der Waals surface area (Å²) in [6, 6.07) is 2.91. The summed E-state index contributed by atoms with van der Waals surface area (Å²) in [7, 11) is 0. The maximum Gasteiger partial charge on any atom is 0.229 e. The van der Waals surface area contributed by atoms with E-state index in [1.54, 1.807) is 0 Å². The van der Waals surface area contributed by atoms with Crippen molar-refractivity contribution in [1.29, 1.82) is 0 Å². The molecular formula is C14H6ClF6NO. The summed E-state index contributed by atoms with van der Waals surface area (Å²) in [6.07, 6.45) is -1.13. The smallest absolute Gasteiger partial charge is 0.229 e. The second kappa shape index (κ2) is 6.49. The zero-order valence-corrected chi connectivity index (χ0v) is 11.7. The Bertz CT molecular complexity index is 766. The van der Waals surface area contributed by atoms with Crippen molar-refractivity contribution in [1.82, 2.24) is 0 Å². The second-order valence-corrected chi connectivity index (χ2v) is 4.80. The van der Waals surface area contributed by atoms with Crippen molar-refractivity contribution in [3.63, 3.8) is 0 Å². The highest BCUT2D eigenvalue weighted by Crippen LogP contribution is 2.25. The number of carbonyl (C=O) groups excluding carboxylic acids is 1.